The van der Waals surface area contributed by atoms with E-state index in [1.165, 1.54) is 12.1 Å². The van der Waals surface area contributed by atoms with E-state index in [4.69, 9.17) is 4.74 Å². The van der Waals surface area contributed by atoms with E-state index in [-0.39, 0.29) is 5.56 Å². The van der Waals surface area contributed by atoms with Crippen molar-refractivity contribution in [3.8, 4) is 0 Å². The number of amides is 1. The van der Waals surface area contributed by atoms with Gasteiger partial charge in [0.1, 0.15) is 0 Å². The van der Waals surface area contributed by atoms with Crippen LogP contribution in [0.3, 0.4) is 0 Å². The number of alkyl halides is 2. The molecule has 0 spiro atoms. The summed E-state index contributed by atoms with van der Waals surface area (Å²) < 4.78 is 52.7. The Balaban J connectivity index is 2.46. The molecule has 0 radical (unpaired) electrons. The van der Waals surface area contributed by atoms with Crippen LogP contribution < -0.4 is 5.32 Å². The number of carbonyl (C=O) groups is 1. The Kier molecular flexibility index (Phi) is 7.57. The summed E-state index contributed by atoms with van der Waals surface area (Å²) in [7, 11) is -4.64. The highest BCUT2D eigenvalue weighted by Gasteiger charge is 2.26. The van der Waals surface area contributed by atoms with Gasteiger partial charge in [0.15, 0.2) is 0 Å². The lowest BCUT2D eigenvalue weighted by Crippen LogP contribution is -2.25. The lowest BCUT2D eigenvalue weighted by atomic mass is 10.2. The molecule has 0 unspecified atom stereocenters. The van der Waals surface area contributed by atoms with Crippen molar-refractivity contribution in [1.29, 1.82) is 0 Å². The molecule has 1 amide bonds. The topological polar surface area (TPSA) is 72.5 Å². The van der Waals surface area contributed by atoms with Crippen LogP contribution in [-0.2, 0) is 14.6 Å². The summed E-state index contributed by atoms with van der Waals surface area (Å²) in [6.07, 6.45) is 0.649. The molecule has 0 fully saturated rings. The van der Waals surface area contributed by atoms with Crippen molar-refractivity contribution in [1.82, 2.24) is 5.32 Å². The van der Waals surface area contributed by atoms with E-state index in [1.807, 2.05) is 13.8 Å². The number of rotatable bonds is 9. The molecule has 23 heavy (non-hydrogen) atoms. The minimum absolute atomic E-state index is 0.210. The summed E-state index contributed by atoms with van der Waals surface area (Å²) in [5.41, 5.74) is 0.210. The molecule has 0 aliphatic heterocycles. The summed E-state index contributed by atoms with van der Waals surface area (Å²) in [4.78, 5) is 11.3. The van der Waals surface area contributed by atoms with Crippen LogP contribution in [0.1, 0.15) is 30.6 Å². The summed E-state index contributed by atoms with van der Waals surface area (Å²) in [5, 5.41) is 2.65. The van der Waals surface area contributed by atoms with Gasteiger partial charge in [0.2, 0.25) is 9.84 Å². The van der Waals surface area contributed by atoms with Gasteiger partial charge in [-0.1, -0.05) is 13.8 Å². The molecule has 0 saturated heterocycles. The highest BCUT2D eigenvalue weighted by molar-refractivity contribution is 7.91. The summed E-state index contributed by atoms with van der Waals surface area (Å²) >= 11 is 0. The minimum atomic E-state index is -4.64. The molecule has 1 aromatic carbocycles. The van der Waals surface area contributed by atoms with Crippen LogP contribution in [0, 0.1) is 5.92 Å². The highest BCUT2D eigenvalue weighted by atomic mass is 32.2. The Morgan fingerprint density at radius 1 is 1.22 bits per heavy atom. The van der Waals surface area contributed by atoms with Gasteiger partial charge in [-0.15, -0.1) is 0 Å². The zero-order valence-corrected chi connectivity index (χ0v) is 13.9. The lowest BCUT2D eigenvalue weighted by molar-refractivity contribution is 0.0925. The number of carbonyl (C=O) groups excluding carboxylic acids is 1. The smallest absolute Gasteiger partial charge is 0.341 e. The van der Waals surface area contributed by atoms with Crippen molar-refractivity contribution in [2.45, 2.75) is 30.9 Å². The second-order valence-corrected chi connectivity index (χ2v) is 7.33. The Bertz CT molecular complexity index is 600. The maximum absolute atomic E-state index is 12.4. The van der Waals surface area contributed by atoms with Crippen molar-refractivity contribution in [3.05, 3.63) is 29.8 Å². The fraction of sp³-hybridized carbons (Fsp3) is 0.533. The SMILES string of the molecule is CC(C)COCCCNC(=O)c1ccc(S(=O)(=O)C(F)F)cc1. The first-order valence-electron chi connectivity index (χ1n) is 7.23. The van der Waals surface area contributed by atoms with Gasteiger partial charge in [-0.05, 0) is 36.6 Å². The van der Waals surface area contributed by atoms with Gasteiger partial charge in [0.25, 0.3) is 5.91 Å². The average Bonchev–Trinajstić information content (AvgIpc) is 2.50. The van der Waals surface area contributed by atoms with Gasteiger partial charge in [0, 0.05) is 25.3 Å². The molecule has 0 atom stereocenters. The molecule has 1 rings (SSSR count). The second kappa shape index (κ2) is 8.93. The largest absolute Gasteiger partial charge is 0.381 e. The van der Waals surface area contributed by atoms with Gasteiger partial charge in [0.05, 0.1) is 4.90 Å². The Labute approximate surface area is 134 Å². The van der Waals surface area contributed by atoms with Crippen molar-refractivity contribution in [2.24, 2.45) is 5.92 Å². The molecule has 0 saturated carbocycles. The molecule has 130 valence electrons. The minimum Gasteiger partial charge on any atom is -0.381 e. The fourth-order valence-corrected chi connectivity index (χ4v) is 2.42. The number of ether oxygens (including phenoxy) is 1. The molecule has 1 aromatic rings. The Morgan fingerprint density at radius 3 is 2.35 bits per heavy atom. The van der Waals surface area contributed by atoms with E-state index in [0.717, 1.165) is 12.1 Å². The van der Waals surface area contributed by atoms with Crippen LogP contribution in [0.15, 0.2) is 29.2 Å². The van der Waals surface area contributed by atoms with Crippen molar-refractivity contribution in [2.75, 3.05) is 19.8 Å². The number of halogens is 2. The quantitative estimate of drug-likeness (QED) is 0.695. The first-order chi connectivity index (χ1) is 10.7. The van der Waals surface area contributed by atoms with Crippen LogP contribution in [-0.4, -0.2) is 39.8 Å². The lowest BCUT2D eigenvalue weighted by Gasteiger charge is -2.08. The zero-order chi connectivity index (χ0) is 17.5. The maximum Gasteiger partial charge on any atom is 0.341 e. The summed E-state index contributed by atoms with van der Waals surface area (Å²) in [5.74, 6) is -3.42. The predicted octanol–water partition coefficient (Wildman–Crippen LogP) is 2.48. The van der Waals surface area contributed by atoms with E-state index in [9.17, 15) is 22.0 Å². The van der Waals surface area contributed by atoms with E-state index in [0.29, 0.717) is 32.1 Å². The van der Waals surface area contributed by atoms with E-state index < -0.39 is 26.4 Å². The number of hydrogen-bond acceptors (Lipinski definition) is 4. The number of nitrogens with one attached hydrogen (secondary N) is 1. The molecule has 0 aliphatic carbocycles. The molecule has 8 heteroatoms. The van der Waals surface area contributed by atoms with Gasteiger partial charge < -0.3 is 10.1 Å². The molecule has 1 N–H and O–H groups in total. The van der Waals surface area contributed by atoms with Gasteiger partial charge in [-0.3, -0.25) is 4.79 Å². The predicted molar refractivity (Wildman–Crippen MR) is 82.2 cm³/mol. The monoisotopic (exact) mass is 349 g/mol. The van der Waals surface area contributed by atoms with Crippen molar-refractivity contribution in [3.63, 3.8) is 0 Å². The molecule has 0 aliphatic rings. The van der Waals surface area contributed by atoms with Gasteiger partial charge >= 0.3 is 5.76 Å². The third-order valence-electron chi connectivity index (χ3n) is 2.88. The highest BCUT2D eigenvalue weighted by Crippen LogP contribution is 2.18. The third-order valence-corrected chi connectivity index (χ3v) is 4.28. The molecule has 0 bridgehead atoms. The fourth-order valence-electron chi connectivity index (χ4n) is 1.70. The summed E-state index contributed by atoms with van der Waals surface area (Å²) in [6.45, 7) is 5.69. The molecular formula is C15H21F2NO4S. The Morgan fingerprint density at radius 2 is 1.83 bits per heavy atom. The van der Waals surface area contributed by atoms with Crippen LogP contribution in [0.5, 0.6) is 0 Å². The van der Waals surface area contributed by atoms with Crippen molar-refractivity contribution >= 4 is 15.7 Å². The zero-order valence-electron chi connectivity index (χ0n) is 13.1. The van der Waals surface area contributed by atoms with Crippen molar-refractivity contribution < 1.29 is 26.7 Å². The van der Waals surface area contributed by atoms with Crippen LogP contribution in [0.25, 0.3) is 0 Å². The first-order valence-corrected chi connectivity index (χ1v) is 8.78. The second-order valence-electron chi connectivity index (χ2n) is 5.41. The van der Waals surface area contributed by atoms with Crippen LogP contribution >= 0.6 is 0 Å². The number of benzene rings is 1. The third kappa shape index (κ3) is 6.23. The molecule has 5 nitrogen and oxygen atoms in total. The van der Waals surface area contributed by atoms with E-state index >= 15 is 0 Å². The normalized spacial score (nSPS) is 11.9. The standard InChI is InChI=1S/C15H21F2NO4S/c1-11(2)10-22-9-3-8-18-14(19)12-4-6-13(7-5-12)23(20,21)15(16)17/h4-7,11,15H,3,8-10H2,1-2H3,(H,18,19). The van der Waals surface area contributed by atoms with E-state index in [1.54, 1.807) is 0 Å². The maximum atomic E-state index is 12.4. The van der Waals surface area contributed by atoms with Gasteiger partial charge in [-0.25, -0.2) is 8.42 Å². The first kappa shape index (κ1) is 19.5. The molecule has 0 aromatic heterocycles. The number of sulfone groups is 1. The van der Waals surface area contributed by atoms with Gasteiger partial charge in [-0.2, -0.15) is 8.78 Å². The Hall–Kier alpha value is -1.54. The average molecular weight is 349 g/mol. The van der Waals surface area contributed by atoms with E-state index in [2.05, 4.69) is 5.32 Å². The molecule has 0 heterocycles. The number of hydrogen-bond donors (Lipinski definition) is 1. The van der Waals surface area contributed by atoms with Crippen LogP contribution in [0.4, 0.5) is 8.78 Å². The summed E-state index contributed by atoms with van der Waals surface area (Å²) in [6, 6.07) is 4.42. The molecular weight excluding hydrogens is 328 g/mol. The van der Waals surface area contributed by atoms with Crippen LogP contribution in [0.2, 0.25) is 0 Å².